The Balaban J connectivity index is 2.01. The highest BCUT2D eigenvalue weighted by Gasteiger charge is 2.16. The lowest BCUT2D eigenvalue weighted by molar-refractivity contribution is 0.0699. The third-order valence-corrected chi connectivity index (χ3v) is 3.94. The molecule has 0 spiro atoms. The third-order valence-electron chi connectivity index (χ3n) is 3.94. The second-order valence-electron chi connectivity index (χ2n) is 5.44. The zero-order chi connectivity index (χ0) is 17.8. The van der Waals surface area contributed by atoms with Crippen LogP contribution in [-0.2, 0) is 0 Å². The average molecular weight is 338 g/mol. The maximum absolute atomic E-state index is 11.4. The first-order valence-electron chi connectivity index (χ1n) is 7.71. The van der Waals surface area contributed by atoms with Gasteiger partial charge < -0.3 is 20.9 Å². The molecule has 128 valence electrons. The maximum atomic E-state index is 11.4. The zero-order valence-corrected chi connectivity index (χ0v) is 13.6. The SMILES string of the molecule is COc1cccc(C(CN)Nc2ncnc3c(C(=O)O)cccc23)c1. The van der Waals surface area contributed by atoms with Crippen LogP contribution in [0.1, 0.15) is 22.0 Å². The average Bonchev–Trinajstić information content (AvgIpc) is 2.65. The molecule has 0 fully saturated rings. The molecule has 0 aliphatic carbocycles. The summed E-state index contributed by atoms with van der Waals surface area (Å²) in [6.07, 6.45) is 1.34. The number of hydrogen-bond donors (Lipinski definition) is 3. The molecule has 0 aliphatic rings. The summed E-state index contributed by atoms with van der Waals surface area (Å²) < 4.78 is 5.25. The minimum atomic E-state index is -1.03. The molecular weight excluding hydrogens is 320 g/mol. The predicted octanol–water partition coefficient (Wildman–Crippen LogP) is 2.45. The van der Waals surface area contributed by atoms with Gasteiger partial charge in [0.1, 0.15) is 17.9 Å². The van der Waals surface area contributed by atoms with Gasteiger partial charge in [0, 0.05) is 11.9 Å². The Morgan fingerprint density at radius 2 is 2.08 bits per heavy atom. The number of methoxy groups -OCH3 is 1. The molecule has 0 saturated carbocycles. The van der Waals surface area contributed by atoms with E-state index in [0.29, 0.717) is 23.3 Å². The molecule has 1 atom stereocenters. The molecule has 1 unspecified atom stereocenters. The minimum Gasteiger partial charge on any atom is -0.497 e. The van der Waals surface area contributed by atoms with Crippen molar-refractivity contribution < 1.29 is 14.6 Å². The lowest BCUT2D eigenvalue weighted by Gasteiger charge is -2.19. The van der Waals surface area contributed by atoms with Gasteiger partial charge in [-0.05, 0) is 29.8 Å². The van der Waals surface area contributed by atoms with Crippen molar-refractivity contribution in [3.63, 3.8) is 0 Å². The third kappa shape index (κ3) is 3.36. The molecule has 1 aromatic heterocycles. The maximum Gasteiger partial charge on any atom is 0.337 e. The van der Waals surface area contributed by atoms with Crippen molar-refractivity contribution in [1.29, 1.82) is 0 Å². The van der Waals surface area contributed by atoms with Gasteiger partial charge in [-0.1, -0.05) is 18.2 Å². The number of anilines is 1. The Morgan fingerprint density at radius 3 is 2.80 bits per heavy atom. The smallest absolute Gasteiger partial charge is 0.337 e. The monoisotopic (exact) mass is 338 g/mol. The van der Waals surface area contributed by atoms with Crippen LogP contribution in [0.5, 0.6) is 5.75 Å². The first-order valence-corrected chi connectivity index (χ1v) is 7.71. The molecule has 7 heteroatoms. The van der Waals surface area contributed by atoms with Crippen molar-refractivity contribution in [1.82, 2.24) is 9.97 Å². The van der Waals surface area contributed by atoms with Gasteiger partial charge in [-0.2, -0.15) is 0 Å². The van der Waals surface area contributed by atoms with Gasteiger partial charge in [-0.25, -0.2) is 14.8 Å². The van der Waals surface area contributed by atoms with Crippen LogP contribution >= 0.6 is 0 Å². The Kier molecular flexibility index (Phi) is 4.76. The van der Waals surface area contributed by atoms with E-state index in [1.807, 2.05) is 24.3 Å². The van der Waals surface area contributed by atoms with Gasteiger partial charge in [-0.15, -0.1) is 0 Å². The van der Waals surface area contributed by atoms with Crippen LogP contribution < -0.4 is 15.8 Å². The van der Waals surface area contributed by atoms with Crippen LogP contribution in [0.15, 0.2) is 48.8 Å². The summed E-state index contributed by atoms with van der Waals surface area (Å²) >= 11 is 0. The fraction of sp³-hybridized carbons (Fsp3) is 0.167. The van der Waals surface area contributed by atoms with E-state index < -0.39 is 5.97 Å². The lowest BCUT2D eigenvalue weighted by Crippen LogP contribution is -2.21. The molecule has 0 radical (unpaired) electrons. The standard InChI is InChI=1S/C18H18N4O3/c1-25-12-5-2-4-11(8-12)15(9-19)22-17-13-6-3-7-14(18(23)24)16(13)20-10-21-17/h2-8,10,15H,9,19H2,1H3,(H,23,24)(H,20,21,22). The Hall–Kier alpha value is -3.19. The molecule has 2 aromatic carbocycles. The summed E-state index contributed by atoms with van der Waals surface area (Å²) in [7, 11) is 1.61. The molecule has 7 nitrogen and oxygen atoms in total. The summed E-state index contributed by atoms with van der Waals surface area (Å²) in [6, 6.07) is 12.4. The number of para-hydroxylation sites is 1. The van der Waals surface area contributed by atoms with E-state index in [9.17, 15) is 9.90 Å². The summed E-state index contributed by atoms with van der Waals surface area (Å²) in [5.41, 5.74) is 7.39. The number of rotatable bonds is 6. The number of hydrogen-bond acceptors (Lipinski definition) is 6. The summed E-state index contributed by atoms with van der Waals surface area (Å²) in [5, 5.41) is 13.2. The predicted molar refractivity (Wildman–Crippen MR) is 94.9 cm³/mol. The number of aromatic nitrogens is 2. The van der Waals surface area contributed by atoms with E-state index >= 15 is 0 Å². The van der Waals surface area contributed by atoms with E-state index in [2.05, 4.69) is 15.3 Å². The first-order chi connectivity index (χ1) is 12.1. The first kappa shape index (κ1) is 16.7. The van der Waals surface area contributed by atoms with E-state index in [0.717, 1.165) is 11.3 Å². The lowest BCUT2D eigenvalue weighted by atomic mass is 10.1. The second kappa shape index (κ2) is 7.14. The number of nitrogens with two attached hydrogens (primary N) is 1. The molecule has 0 saturated heterocycles. The molecule has 0 aliphatic heterocycles. The van der Waals surface area contributed by atoms with Crippen molar-refractivity contribution in [2.45, 2.75) is 6.04 Å². The van der Waals surface area contributed by atoms with E-state index in [1.54, 1.807) is 19.2 Å². The van der Waals surface area contributed by atoms with Crippen LogP contribution in [0.25, 0.3) is 10.9 Å². The molecular formula is C18H18N4O3. The van der Waals surface area contributed by atoms with Crippen molar-refractivity contribution in [3.05, 3.63) is 59.9 Å². The molecule has 3 aromatic rings. The van der Waals surface area contributed by atoms with Gasteiger partial charge in [0.05, 0.1) is 24.2 Å². The molecule has 25 heavy (non-hydrogen) atoms. The quantitative estimate of drug-likeness (QED) is 0.633. The number of benzene rings is 2. The number of nitrogens with one attached hydrogen (secondary N) is 1. The van der Waals surface area contributed by atoms with Crippen LogP contribution in [0.3, 0.4) is 0 Å². The number of aromatic carboxylic acids is 1. The molecule has 3 rings (SSSR count). The van der Waals surface area contributed by atoms with Crippen molar-refractivity contribution in [2.75, 3.05) is 19.0 Å². The van der Waals surface area contributed by atoms with Crippen molar-refractivity contribution in [3.8, 4) is 5.75 Å². The molecule has 4 N–H and O–H groups in total. The van der Waals surface area contributed by atoms with Crippen LogP contribution in [0, 0.1) is 0 Å². The number of carboxylic acid groups (broad SMARTS) is 1. The van der Waals surface area contributed by atoms with E-state index in [-0.39, 0.29) is 11.6 Å². The van der Waals surface area contributed by atoms with Crippen LogP contribution in [-0.4, -0.2) is 34.7 Å². The second-order valence-corrected chi connectivity index (χ2v) is 5.44. The van der Waals surface area contributed by atoms with E-state index in [1.165, 1.54) is 12.4 Å². The Labute approximate surface area is 144 Å². The minimum absolute atomic E-state index is 0.133. The van der Waals surface area contributed by atoms with Gasteiger partial charge in [-0.3, -0.25) is 0 Å². The Morgan fingerprint density at radius 1 is 1.28 bits per heavy atom. The molecule has 1 heterocycles. The van der Waals surface area contributed by atoms with Gasteiger partial charge in [0.25, 0.3) is 0 Å². The molecule has 0 amide bonds. The largest absolute Gasteiger partial charge is 0.497 e. The van der Waals surface area contributed by atoms with Crippen LogP contribution in [0.2, 0.25) is 0 Å². The summed E-state index contributed by atoms with van der Waals surface area (Å²) in [5.74, 6) is 0.239. The van der Waals surface area contributed by atoms with Gasteiger partial charge in [0.2, 0.25) is 0 Å². The van der Waals surface area contributed by atoms with Crippen molar-refractivity contribution >= 4 is 22.7 Å². The number of carbonyl (C=O) groups is 1. The number of nitrogens with zero attached hydrogens (tertiary/aromatic N) is 2. The number of ether oxygens (including phenoxy) is 1. The fourth-order valence-electron chi connectivity index (χ4n) is 2.68. The fourth-order valence-corrected chi connectivity index (χ4v) is 2.68. The molecule has 0 bridgehead atoms. The Bertz CT molecular complexity index is 914. The highest BCUT2D eigenvalue weighted by atomic mass is 16.5. The zero-order valence-electron chi connectivity index (χ0n) is 13.6. The van der Waals surface area contributed by atoms with Gasteiger partial charge in [0.15, 0.2) is 0 Å². The highest BCUT2D eigenvalue weighted by Crippen LogP contribution is 2.27. The summed E-state index contributed by atoms with van der Waals surface area (Å²) in [4.78, 5) is 19.8. The van der Waals surface area contributed by atoms with Crippen molar-refractivity contribution in [2.24, 2.45) is 5.73 Å². The number of carboxylic acids is 1. The summed E-state index contributed by atoms with van der Waals surface area (Å²) in [6.45, 7) is 0.331. The van der Waals surface area contributed by atoms with E-state index in [4.69, 9.17) is 10.5 Å². The number of fused-ring (bicyclic) bond motifs is 1. The highest BCUT2D eigenvalue weighted by molar-refractivity contribution is 6.04. The topological polar surface area (TPSA) is 110 Å². The normalized spacial score (nSPS) is 11.9. The van der Waals surface area contributed by atoms with Gasteiger partial charge >= 0.3 is 5.97 Å². The van der Waals surface area contributed by atoms with Crippen LogP contribution in [0.4, 0.5) is 5.82 Å².